The minimum Gasteiger partial charge on any atom is -0.204 e. The van der Waals surface area contributed by atoms with Gasteiger partial charge < -0.3 is 0 Å². The van der Waals surface area contributed by atoms with Crippen LogP contribution in [0.5, 0.6) is 0 Å². The lowest BCUT2D eigenvalue weighted by molar-refractivity contribution is 0.445. The average molecular weight is 319 g/mol. The average Bonchev–Trinajstić information content (AvgIpc) is 2.38. The van der Waals surface area contributed by atoms with Gasteiger partial charge in [-0.2, -0.15) is 0 Å². The topological polar surface area (TPSA) is 0 Å². The van der Waals surface area contributed by atoms with Gasteiger partial charge >= 0.3 is 0 Å². The van der Waals surface area contributed by atoms with E-state index in [1.807, 2.05) is 0 Å². The number of hydrogen-bond donors (Lipinski definition) is 0. The molecule has 0 N–H and O–H groups in total. The molecule has 0 saturated heterocycles. The van der Waals surface area contributed by atoms with E-state index in [-0.39, 0.29) is 5.56 Å². The van der Waals surface area contributed by atoms with Crippen molar-refractivity contribution in [3.63, 3.8) is 0 Å². The van der Waals surface area contributed by atoms with Crippen molar-refractivity contribution >= 4 is 23.2 Å². The van der Waals surface area contributed by atoms with Gasteiger partial charge in [0.1, 0.15) is 0 Å². The number of benzene rings is 2. The summed E-state index contributed by atoms with van der Waals surface area (Å²) in [6.45, 7) is 3.60. The lowest BCUT2D eigenvalue weighted by Gasteiger charge is -2.15. The predicted molar refractivity (Wildman–Crippen MR) is 74.9 cm³/mol. The van der Waals surface area contributed by atoms with Gasteiger partial charge in [0.15, 0.2) is 17.5 Å². The number of rotatable bonds is 2. The van der Waals surface area contributed by atoms with Gasteiger partial charge in [-0.05, 0) is 54.3 Å². The summed E-state index contributed by atoms with van der Waals surface area (Å²) in [5, 5.41) is -0.192. The molecule has 106 valence electrons. The quantitative estimate of drug-likeness (QED) is 0.492. The Kier molecular flexibility index (Phi) is 4.31. The molecule has 0 aliphatic carbocycles. The Bertz CT molecular complexity index is 645. The van der Waals surface area contributed by atoms with Crippen molar-refractivity contribution in [2.24, 2.45) is 0 Å². The molecule has 5 heteroatoms. The van der Waals surface area contributed by atoms with Crippen molar-refractivity contribution in [2.75, 3.05) is 0 Å². The number of aryl methyl sites for hydroxylation is 2. The molecule has 0 aromatic heterocycles. The normalized spacial score (nSPS) is 12.6. The second-order valence-corrected chi connectivity index (χ2v) is 5.46. The fourth-order valence-corrected chi connectivity index (χ4v) is 2.56. The molecule has 0 aliphatic rings. The molecule has 0 bridgehead atoms. The van der Waals surface area contributed by atoms with Gasteiger partial charge in [-0.25, -0.2) is 13.2 Å². The fraction of sp³-hybridized carbons (Fsp3) is 0.200. The van der Waals surface area contributed by atoms with Crippen molar-refractivity contribution in [3.05, 3.63) is 69.0 Å². The summed E-state index contributed by atoms with van der Waals surface area (Å²) in [5.41, 5.74) is 2.44. The van der Waals surface area contributed by atoms with Crippen LogP contribution in [-0.2, 0) is 0 Å². The highest BCUT2D eigenvalue weighted by molar-refractivity contribution is 6.31. The third-order valence-electron chi connectivity index (χ3n) is 3.12. The first-order chi connectivity index (χ1) is 9.31. The number of alkyl halides is 1. The molecule has 0 aliphatic heterocycles. The van der Waals surface area contributed by atoms with Crippen molar-refractivity contribution in [1.29, 1.82) is 0 Å². The molecule has 0 fully saturated rings. The zero-order chi connectivity index (χ0) is 15.0. The first-order valence-electron chi connectivity index (χ1n) is 5.86. The van der Waals surface area contributed by atoms with Crippen LogP contribution in [0.1, 0.15) is 27.6 Å². The number of hydrogen-bond acceptors (Lipinski definition) is 0. The van der Waals surface area contributed by atoms with E-state index >= 15 is 0 Å². The van der Waals surface area contributed by atoms with Crippen LogP contribution in [-0.4, -0.2) is 0 Å². The third-order valence-corrected chi connectivity index (χ3v) is 4.01. The van der Waals surface area contributed by atoms with Gasteiger partial charge in [-0.15, -0.1) is 11.6 Å². The van der Waals surface area contributed by atoms with E-state index in [2.05, 4.69) is 0 Å². The Morgan fingerprint density at radius 1 is 0.900 bits per heavy atom. The molecule has 1 atom stereocenters. The Labute approximate surface area is 125 Å². The van der Waals surface area contributed by atoms with Crippen LogP contribution >= 0.6 is 23.2 Å². The Morgan fingerprint density at radius 3 is 2.00 bits per heavy atom. The fourth-order valence-electron chi connectivity index (χ4n) is 1.98. The van der Waals surface area contributed by atoms with Crippen LogP contribution in [0.3, 0.4) is 0 Å². The van der Waals surface area contributed by atoms with Gasteiger partial charge in [0.2, 0.25) is 0 Å². The molecular formula is C15H11Cl2F3. The standard InChI is InChI=1S/C15H11Cl2F3/c1-7-4-11(16)8(2)3-10(7)14(17)9-5-12(18)15(20)13(19)6-9/h3-6,14H,1-2H3. The van der Waals surface area contributed by atoms with E-state index in [0.29, 0.717) is 10.6 Å². The first-order valence-corrected chi connectivity index (χ1v) is 6.68. The molecule has 20 heavy (non-hydrogen) atoms. The van der Waals surface area contributed by atoms with Gasteiger partial charge in [-0.3, -0.25) is 0 Å². The van der Waals surface area contributed by atoms with E-state index in [1.54, 1.807) is 26.0 Å². The highest BCUT2D eigenvalue weighted by Gasteiger charge is 2.19. The van der Waals surface area contributed by atoms with E-state index in [4.69, 9.17) is 23.2 Å². The number of halogens is 5. The van der Waals surface area contributed by atoms with Crippen molar-refractivity contribution in [2.45, 2.75) is 19.2 Å². The summed E-state index contributed by atoms with van der Waals surface area (Å²) in [6.07, 6.45) is 0. The molecule has 0 amide bonds. The zero-order valence-corrected chi connectivity index (χ0v) is 12.3. The smallest absolute Gasteiger partial charge is 0.194 e. The second kappa shape index (κ2) is 5.66. The van der Waals surface area contributed by atoms with Crippen LogP contribution in [0, 0.1) is 31.3 Å². The maximum atomic E-state index is 13.3. The Morgan fingerprint density at radius 2 is 1.45 bits per heavy atom. The summed E-state index contributed by atoms with van der Waals surface area (Å²) in [4.78, 5) is 0. The van der Waals surface area contributed by atoms with Crippen molar-refractivity contribution < 1.29 is 13.2 Å². The van der Waals surface area contributed by atoms with E-state index < -0.39 is 22.8 Å². The van der Waals surface area contributed by atoms with E-state index in [0.717, 1.165) is 23.3 Å². The van der Waals surface area contributed by atoms with Gasteiger partial charge in [0, 0.05) is 5.02 Å². The van der Waals surface area contributed by atoms with Crippen LogP contribution < -0.4 is 0 Å². The summed E-state index contributed by atoms with van der Waals surface area (Å²) in [7, 11) is 0. The molecule has 0 radical (unpaired) electrons. The SMILES string of the molecule is Cc1cc(C(Cl)c2cc(F)c(F)c(F)c2)c(C)cc1Cl. The van der Waals surface area contributed by atoms with Crippen LogP contribution in [0.15, 0.2) is 24.3 Å². The molecule has 0 nitrogen and oxygen atoms in total. The van der Waals surface area contributed by atoms with Crippen LogP contribution in [0.2, 0.25) is 5.02 Å². The first kappa shape index (κ1) is 15.2. The van der Waals surface area contributed by atoms with E-state index in [1.165, 1.54) is 0 Å². The molecular weight excluding hydrogens is 308 g/mol. The minimum absolute atomic E-state index is 0.160. The Hall–Kier alpha value is -1.19. The van der Waals surface area contributed by atoms with Gasteiger partial charge in [0.05, 0.1) is 5.38 Å². The summed E-state index contributed by atoms with van der Waals surface area (Å²) >= 11 is 12.3. The molecule has 0 saturated carbocycles. The highest BCUT2D eigenvalue weighted by atomic mass is 35.5. The predicted octanol–water partition coefficient (Wildman–Crippen LogP) is 5.70. The monoisotopic (exact) mass is 318 g/mol. The zero-order valence-electron chi connectivity index (χ0n) is 10.8. The Balaban J connectivity index is 2.51. The molecule has 0 heterocycles. The lowest BCUT2D eigenvalue weighted by Crippen LogP contribution is -2.01. The van der Waals surface area contributed by atoms with Gasteiger partial charge in [-0.1, -0.05) is 17.7 Å². The molecule has 2 aromatic rings. The molecule has 0 spiro atoms. The molecule has 1 unspecified atom stereocenters. The second-order valence-electron chi connectivity index (χ2n) is 4.62. The molecule has 2 rings (SSSR count). The van der Waals surface area contributed by atoms with Crippen molar-refractivity contribution in [3.8, 4) is 0 Å². The maximum absolute atomic E-state index is 13.3. The minimum atomic E-state index is -1.50. The molecule has 2 aromatic carbocycles. The third kappa shape index (κ3) is 2.79. The highest BCUT2D eigenvalue weighted by Crippen LogP contribution is 2.34. The van der Waals surface area contributed by atoms with E-state index in [9.17, 15) is 13.2 Å². The van der Waals surface area contributed by atoms with Crippen LogP contribution in [0.25, 0.3) is 0 Å². The van der Waals surface area contributed by atoms with Gasteiger partial charge in [0.25, 0.3) is 0 Å². The van der Waals surface area contributed by atoms with Crippen molar-refractivity contribution in [1.82, 2.24) is 0 Å². The van der Waals surface area contributed by atoms with Crippen LogP contribution in [0.4, 0.5) is 13.2 Å². The summed E-state index contributed by atoms with van der Waals surface area (Å²) in [6, 6.07) is 5.30. The maximum Gasteiger partial charge on any atom is 0.194 e. The largest absolute Gasteiger partial charge is 0.204 e. The summed E-state index contributed by atoms with van der Waals surface area (Å²) < 4.78 is 39.5. The lowest BCUT2D eigenvalue weighted by atomic mass is 9.98. The summed E-state index contributed by atoms with van der Waals surface area (Å²) in [5.74, 6) is -4.01.